The van der Waals surface area contributed by atoms with Gasteiger partial charge in [-0.05, 0) is 12.1 Å². The molecule has 0 bridgehead atoms. The maximum Gasteiger partial charge on any atom is 0.416 e. The second-order valence-corrected chi connectivity index (χ2v) is 5.18. The van der Waals surface area contributed by atoms with Gasteiger partial charge < -0.3 is 0 Å². The molecule has 2 aromatic rings. The van der Waals surface area contributed by atoms with Gasteiger partial charge in [0.2, 0.25) is 0 Å². The SMILES string of the molecule is FC(F)(F)c1cc(Cl)c(-n2cc3c(n2)CC=C3)c(Cl)c1. The highest BCUT2D eigenvalue weighted by molar-refractivity contribution is 6.37. The van der Waals surface area contributed by atoms with Crippen molar-refractivity contribution in [2.45, 2.75) is 12.6 Å². The van der Waals surface area contributed by atoms with Crippen LogP contribution in [0.15, 0.2) is 24.4 Å². The molecule has 1 heterocycles. The van der Waals surface area contributed by atoms with Crippen molar-refractivity contribution in [3.8, 4) is 5.69 Å². The Morgan fingerprint density at radius 2 is 1.80 bits per heavy atom. The van der Waals surface area contributed by atoms with E-state index in [0.717, 1.165) is 23.4 Å². The summed E-state index contributed by atoms with van der Waals surface area (Å²) in [7, 11) is 0. The topological polar surface area (TPSA) is 17.8 Å². The maximum absolute atomic E-state index is 12.7. The van der Waals surface area contributed by atoms with Crippen LogP contribution in [0.2, 0.25) is 10.0 Å². The lowest BCUT2D eigenvalue weighted by atomic mass is 10.2. The zero-order valence-corrected chi connectivity index (χ0v) is 11.4. The van der Waals surface area contributed by atoms with Gasteiger partial charge in [0.1, 0.15) is 5.69 Å². The molecule has 20 heavy (non-hydrogen) atoms. The average Bonchev–Trinajstić information content (AvgIpc) is 2.87. The van der Waals surface area contributed by atoms with Gasteiger partial charge in [-0.15, -0.1) is 0 Å². The van der Waals surface area contributed by atoms with Gasteiger partial charge in [0.15, 0.2) is 0 Å². The van der Waals surface area contributed by atoms with Crippen LogP contribution in [0.5, 0.6) is 0 Å². The van der Waals surface area contributed by atoms with Crippen LogP contribution in [0, 0.1) is 0 Å². The molecule has 0 spiro atoms. The van der Waals surface area contributed by atoms with E-state index in [1.165, 1.54) is 4.68 Å². The van der Waals surface area contributed by atoms with Gasteiger partial charge in [-0.1, -0.05) is 35.4 Å². The number of rotatable bonds is 1. The number of aromatic nitrogens is 2. The molecular weight excluding hydrogens is 312 g/mol. The van der Waals surface area contributed by atoms with Gasteiger partial charge in [0, 0.05) is 18.2 Å². The van der Waals surface area contributed by atoms with Gasteiger partial charge in [0.25, 0.3) is 0 Å². The Bertz CT molecular complexity index is 694. The zero-order chi connectivity index (χ0) is 14.5. The minimum Gasteiger partial charge on any atom is -0.237 e. The summed E-state index contributed by atoms with van der Waals surface area (Å²) >= 11 is 11.9. The number of nitrogens with zero attached hydrogens (tertiary/aromatic N) is 2. The summed E-state index contributed by atoms with van der Waals surface area (Å²) in [6.45, 7) is 0. The zero-order valence-electron chi connectivity index (χ0n) is 9.88. The van der Waals surface area contributed by atoms with E-state index < -0.39 is 11.7 Å². The van der Waals surface area contributed by atoms with Crippen molar-refractivity contribution < 1.29 is 13.2 Å². The van der Waals surface area contributed by atoms with E-state index >= 15 is 0 Å². The fourth-order valence-electron chi connectivity index (χ4n) is 2.08. The molecule has 7 heteroatoms. The number of hydrogen-bond donors (Lipinski definition) is 0. The Morgan fingerprint density at radius 1 is 1.15 bits per heavy atom. The van der Waals surface area contributed by atoms with Crippen molar-refractivity contribution in [1.82, 2.24) is 9.78 Å². The number of benzene rings is 1. The van der Waals surface area contributed by atoms with E-state index in [1.807, 2.05) is 12.2 Å². The number of alkyl halides is 3. The summed E-state index contributed by atoms with van der Waals surface area (Å²) < 4.78 is 39.4. The number of allylic oxidation sites excluding steroid dienone is 1. The lowest BCUT2D eigenvalue weighted by molar-refractivity contribution is -0.137. The van der Waals surface area contributed by atoms with Crippen molar-refractivity contribution in [2.75, 3.05) is 0 Å². The van der Waals surface area contributed by atoms with Crippen molar-refractivity contribution in [2.24, 2.45) is 0 Å². The fraction of sp³-hybridized carbons (Fsp3) is 0.154. The molecule has 1 aromatic carbocycles. The number of halogens is 5. The third-order valence-corrected chi connectivity index (χ3v) is 3.58. The number of hydrogen-bond acceptors (Lipinski definition) is 1. The van der Waals surface area contributed by atoms with Gasteiger partial charge in [-0.3, -0.25) is 0 Å². The molecule has 0 N–H and O–H groups in total. The Balaban J connectivity index is 2.12. The van der Waals surface area contributed by atoms with Gasteiger partial charge in [0.05, 0.1) is 21.3 Å². The van der Waals surface area contributed by atoms with E-state index in [9.17, 15) is 13.2 Å². The van der Waals surface area contributed by atoms with Crippen molar-refractivity contribution in [3.05, 3.63) is 51.3 Å². The molecule has 0 unspecified atom stereocenters. The molecule has 0 amide bonds. The lowest BCUT2D eigenvalue weighted by Crippen LogP contribution is -2.07. The van der Waals surface area contributed by atoms with Gasteiger partial charge >= 0.3 is 6.18 Å². The van der Waals surface area contributed by atoms with Crippen molar-refractivity contribution in [3.63, 3.8) is 0 Å². The summed E-state index contributed by atoms with van der Waals surface area (Å²) in [5.41, 5.74) is 1.13. The highest BCUT2D eigenvalue weighted by Gasteiger charge is 2.32. The third kappa shape index (κ3) is 2.21. The predicted molar refractivity (Wildman–Crippen MR) is 71.3 cm³/mol. The molecule has 0 radical (unpaired) electrons. The summed E-state index contributed by atoms with van der Waals surface area (Å²) in [6.07, 6.45) is 1.75. The first kappa shape index (κ1) is 13.5. The van der Waals surface area contributed by atoms with Crippen LogP contribution in [-0.4, -0.2) is 9.78 Å². The first-order chi connectivity index (χ1) is 9.36. The van der Waals surface area contributed by atoms with Crippen LogP contribution in [0.25, 0.3) is 11.8 Å². The minimum absolute atomic E-state index is 0.0880. The van der Waals surface area contributed by atoms with Crippen LogP contribution >= 0.6 is 23.2 Å². The highest BCUT2D eigenvalue weighted by atomic mass is 35.5. The van der Waals surface area contributed by atoms with Crippen LogP contribution in [0.1, 0.15) is 16.8 Å². The Kier molecular flexibility index (Phi) is 3.06. The highest BCUT2D eigenvalue weighted by Crippen LogP contribution is 2.37. The standard InChI is InChI=1S/C13H7Cl2F3N2/c14-9-4-8(13(16,17)18)5-10(15)12(9)20-6-7-2-1-3-11(7)19-20/h1-2,4-6H,3H2. The van der Waals surface area contributed by atoms with E-state index in [0.29, 0.717) is 6.42 Å². The second kappa shape index (κ2) is 4.53. The fourth-order valence-corrected chi connectivity index (χ4v) is 2.74. The summed E-state index contributed by atoms with van der Waals surface area (Å²) in [4.78, 5) is 0. The first-order valence-corrected chi connectivity index (χ1v) is 6.43. The Hall–Kier alpha value is -1.46. The molecule has 0 atom stereocenters. The summed E-state index contributed by atoms with van der Waals surface area (Å²) in [5.74, 6) is 0. The molecule has 1 aliphatic rings. The second-order valence-electron chi connectivity index (χ2n) is 4.37. The van der Waals surface area contributed by atoms with E-state index in [2.05, 4.69) is 5.10 Å². The van der Waals surface area contributed by atoms with Gasteiger partial charge in [-0.25, -0.2) is 4.68 Å². The quantitative estimate of drug-likeness (QED) is 0.740. The largest absolute Gasteiger partial charge is 0.416 e. The number of fused-ring (bicyclic) bond motifs is 1. The van der Waals surface area contributed by atoms with Crippen LogP contribution in [-0.2, 0) is 12.6 Å². The summed E-state index contributed by atoms with van der Waals surface area (Å²) in [6, 6.07) is 1.71. The lowest BCUT2D eigenvalue weighted by Gasteiger charge is -2.12. The molecule has 0 saturated carbocycles. The average molecular weight is 319 g/mol. The monoisotopic (exact) mass is 318 g/mol. The van der Waals surface area contributed by atoms with Crippen molar-refractivity contribution in [1.29, 1.82) is 0 Å². The molecule has 0 fully saturated rings. The molecule has 2 nitrogen and oxygen atoms in total. The van der Waals surface area contributed by atoms with E-state index in [-0.39, 0.29) is 15.7 Å². The minimum atomic E-state index is -4.49. The normalized spacial score (nSPS) is 13.8. The van der Waals surface area contributed by atoms with Gasteiger partial charge in [-0.2, -0.15) is 18.3 Å². The van der Waals surface area contributed by atoms with Crippen LogP contribution in [0.3, 0.4) is 0 Å². The Labute approximate surface area is 122 Å². The summed E-state index contributed by atoms with van der Waals surface area (Å²) in [5, 5.41) is 4.10. The van der Waals surface area contributed by atoms with Crippen LogP contribution in [0.4, 0.5) is 13.2 Å². The Morgan fingerprint density at radius 3 is 2.35 bits per heavy atom. The van der Waals surface area contributed by atoms with Crippen molar-refractivity contribution >= 4 is 29.3 Å². The molecule has 1 aliphatic carbocycles. The van der Waals surface area contributed by atoms with Crippen LogP contribution < -0.4 is 0 Å². The van der Waals surface area contributed by atoms with E-state index in [4.69, 9.17) is 23.2 Å². The third-order valence-electron chi connectivity index (χ3n) is 3.00. The first-order valence-electron chi connectivity index (χ1n) is 5.68. The molecule has 3 rings (SSSR count). The van der Waals surface area contributed by atoms with E-state index in [1.54, 1.807) is 6.20 Å². The smallest absolute Gasteiger partial charge is 0.237 e. The molecule has 1 aromatic heterocycles. The molecule has 0 saturated heterocycles. The molecule has 0 aliphatic heterocycles. The molecule has 104 valence electrons. The predicted octanol–water partition coefficient (Wildman–Crippen LogP) is 4.77. The molecular formula is C13H7Cl2F3N2. The maximum atomic E-state index is 12.7.